The highest BCUT2D eigenvalue weighted by Gasteiger charge is 2.29. The zero-order valence-corrected chi connectivity index (χ0v) is 13.5. The molecule has 23 heavy (non-hydrogen) atoms. The number of urea groups is 1. The number of amides is 3. The third kappa shape index (κ3) is 4.28. The molecule has 1 unspecified atom stereocenters. The smallest absolute Gasteiger partial charge is 0.317 e. The molecule has 1 aromatic rings. The summed E-state index contributed by atoms with van der Waals surface area (Å²) < 4.78 is 10.4. The van der Waals surface area contributed by atoms with E-state index in [-0.39, 0.29) is 17.9 Å². The van der Waals surface area contributed by atoms with E-state index in [0.717, 1.165) is 5.56 Å². The first-order valence-corrected chi connectivity index (χ1v) is 7.58. The third-order valence-electron chi connectivity index (χ3n) is 4.02. The number of carbonyl (C=O) groups is 2. The van der Waals surface area contributed by atoms with Gasteiger partial charge in [0.2, 0.25) is 5.91 Å². The molecule has 0 spiro atoms. The number of hydrogen-bond donors (Lipinski definition) is 2. The van der Waals surface area contributed by atoms with Gasteiger partial charge in [0.15, 0.2) is 11.5 Å². The van der Waals surface area contributed by atoms with Crippen LogP contribution in [0.3, 0.4) is 0 Å². The van der Waals surface area contributed by atoms with Crippen molar-refractivity contribution in [2.45, 2.75) is 12.8 Å². The van der Waals surface area contributed by atoms with Crippen LogP contribution in [-0.2, 0) is 11.2 Å². The van der Waals surface area contributed by atoms with Crippen molar-refractivity contribution in [2.75, 3.05) is 33.9 Å². The molecular formula is C16H23N3O4. The monoisotopic (exact) mass is 321 g/mol. The summed E-state index contributed by atoms with van der Waals surface area (Å²) in [5, 5.41) is 2.86. The molecule has 126 valence electrons. The van der Waals surface area contributed by atoms with Gasteiger partial charge in [-0.15, -0.1) is 0 Å². The molecule has 0 saturated carbocycles. The predicted octanol–water partition coefficient (Wildman–Crippen LogP) is 0.763. The van der Waals surface area contributed by atoms with Crippen LogP contribution in [0, 0.1) is 5.92 Å². The van der Waals surface area contributed by atoms with Gasteiger partial charge in [-0.25, -0.2) is 4.79 Å². The summed E-state index contributed by atoms with van der Waals surface area (Å²) in [6.45, 7) is 1.47. The summed E-state index contributed by atoms with van der Waals surface area (Å²) in [5.74, 6) is 0.771. The molecule has 0 radical (unpaired) electrons. The first-order chi connectivity index (χ1) is 11.0. The van der Waals surface area contributed by atoms with Crippen molar-refractivity contribution in [2.24, 2.45) is 11.7 Å². The van der Waals surface area contributed by atoms with Crippen LogP contribution in [0.25, 0.3) is 0 Å². The maximum Gasteiger partial charge on any atom is 0.317 e. The summed E-state index contributed by atoms with van der Waals surface area (Å²) in [5.41, 5.74) is 6.31. The molecule has 1 fully saturated rings. The van der Waals surface area contributed by atoms with Crippen molar-refractivity contribution in [3.05, 3.63) is 23.8 Å². The van der Waals surface area contributed by atoms with E-state index < -0.39 is 0 Å². The van der Waals surface area contributed by atoms with Gasteiger partial charge in [-0.3, -0.25) is 4.79 Å². The number of rotatable bonds is 6. The Balaban J connectivity index is 1.81. The Morgan fingerprint density at radius 2 is 2.04 bits per heavy atom. The van der Waals surface area contributed by atoms with E-state index in [9.17, 15) is 9.59 Å². The number of nitrogens with zero attached hydrogens (tertiary/aromatic N) is 1. The van der Waals surface area contributed by atoms with E-state index in [4.69, 9.17) is 15.2 Å². The van der Waals surface area contributed by atoms with Gasteiger partial charge in [0.25, 0.3) is 0 Å². The molecule has 7 nitrogen and oxygen atoms in total. The summed E-state index contributed by atoms with van der Waals surface area (Å²) >= 11 is 0. The first-order valence-electron chi connectivity index (χ1n) is 7.58. The second-order valence-corrected chi connectivity index (χ2v) is 5.51. The topological polar surface area (TPSA) is 93.9 Å². The average molecular weight is 321 g/mol. The number of carbonyl (C=O) groups excluding carboxylic acids is 2. The highest BCUT2D eigenvalue weighted by Crippen LogP contribution is 2.27. The second kappa shape index (κ2) is 7.71. The van der Waals surface area contributed by atoms with Gasteiger partial charge in [-0.2, -0.15) is 0 Å². The molecule has 0 bridgehead atoms. The van der Waals surface area contributed by atoms with Crippen molar-refractivity contribution in [3.8, 4) is 11.5 Å². The van der Waals surface area contributed by atoms with E-state index >= 15 is 0 Å². The van der Waals surface area contributed by atoms with Crippen LogP contribution >= 0.6 is 0 Å². The fraction of sp³-hybridized carbons (Fsp3) is 0.500. The minimum Gasteiger partial charge on any atom is -0.493 e. The SMILES string of the molecule is COc1ccc(CCNC(=O)N2CCC(C(N)=O)C2)cc1OC. The van der Waals surface area contributed by atoms with E-state index in [0.29, 0.717) is 44.0 Å². The Hall–Kier alpha value is -2.44. The maximum absolute atomic E-state index is 12.0. The number of methoxy groups -OCH3 is 2. The predicted molar refractivity (Wildman–Crippen MR) is 85.5 cm³/mol. The van der Waals surface area contributed by atoms with Gasteiger partial charge in [0.05, 0.1) is 20.1 Å². The van der Waals surface area contributed by atoms with Crippen molar-refractivity contribution in [1.29, 1.82) is 0 Å². The Kier molecular flexibility index (Phi) is 5.67. The molecule has 3 amide bonds. The number of nitrogens with two attached hydrogens (primary N) is 1. The molecule has 3 N–H and O–H groups in total. The van der Waals surface area contributed by atoms with Crippen molar-refractivity contribution in [3.63, 3.8) is 0 Å². The molecule has 0 aliphatic carbocycles. The molecular weight excluding hydrogens is 298 g/mol. The van der Waals surface area contributed by atoms with Crippen LogP contribution in [0.5, 0.6) is 11.5 Å². The van der Waals surface area contributed by atoms with Crippen molar-refractivity contribution >= 4 is 11.9 Å². The zero-order chi connectivity index (χ0) is 16.8. The minimum absolute atomic E-state index is 0.158. The molecule has 1 aliphatic rings. The Labute approximate surface area is 135 Å². The molecule has 1 aliphatic heterocycles. The summed E-state index contributed by atoms with van der Waals surface area (Å²) in [6.07, 6.45) is 1.32. The van der Waals surface area contributed by atoms with Crippen molar-refractivity contribution < 1.29 is 19.1 Å². The summed E-state index contributed by atoms with van der Waals surface area (Å²) in [7, 11) is 3.18. The quantitative estimate of drug-likeness (QED) is 0.809. The van der Waals surface area contributed by atoms with E-state index in [1.165, 1.54) is 0 Å². The fourth-order valence-corrected chi connectivity index (χ4v) is 2.64. The zero-order valence-electron chi connectivity index (χ0n) is 13.5. The lowest BCUT2D eigenvalue weighted by Crippen LogP contribution is -2.40. The minimum atomic E-state index is -0.342. The number of nitrogens with one attached hydrogen (secondary N) is 1. The van der Waals surface area contributed by atoms with Crippen LogP contribution in [0.4, 0.5) is 4.79 Å². The van der Waals surface area contributed by atoms with E-state index in [1.807, 2.05) is 18.2 Å². The standard InChI is InChI=1S/C16H23N3O4/c1-22-13-4-3-11(9-14(13)23-2)5-7-18-16(21)19-8-6-12(10-19)15(17)20/h3-4,9,12H,5-8,10H2,1-2H3,(H2,17,20)(H,18,21). The number of benzene rings is 1. The molecule has 7 heteroatoms. The van der Waals surface area contributed by atoms with Gasteiger partial charge >= 0.3 is 6.03 Å². The molecule has 0 aromatic heterocycles. The number of primary amides is 1. The average Bonchev–Trinajstić information content (AvgIpc) is 3.05. The van der Waals surface area contributed by atoms with Gasteiger partial charge in [-0.1, -0.05) is 6.07 Å². The van der Waals surface area contributed by atoms with Crippen LogP contribution in [0.15, 0.2) is 18.2 Å². The van der Waals surface area contributed by atoms with Gasteiger partial charge < -0.3 is 25.4 Å². The number of ether oxygens (including phenoxy) is 2. The lowest BCUT2D eigenvalue weighted by molar-refractivity contribution is -0.121. The molecule has 1 aromatic carbocycles. The normalized spacial score (nSPS) is 17.0. The highest BCUT2D eigenvalue weighted by atomic mass is 16.5. The van der Waals surface area contributed by atoms with Crippen LogP contribution < -0.4 is 20.5 Å². The van der Waals surface area contributed by atoms with Gasteiger partial charge in [0, 0.05) is 19.6 Å². The summed E-state index contributed by atoms with van der Waals surface area (Å²) in [4.78, 5) is 24.8. The lowest BCUT2D eigenvalue weighted by Gasteiger charge is -2.17. The van der Waals surface area contributed by atoms with Gasteiger partial charge in [0.1, 0.15) is 0 Å². The largest absolute Gasteiger partial charge is 0.493 e. The van der Waals surface area contributed by atoms with Gasteiger partial charge in [-0.05, 0) is 30.5 Å². The Morgan fingerprint density at radius 1 is 1.30 bits per heavy atom. The fourth-order valence-electron chi connectivity index (χ4n) is 2.64. The second-order valence-electron chi connectivity index (χ2n) is 5.51. The van der Waals surface area contributed by atoms with Crippen LogP contribution in [-0.4, -0.2) is 50.7 Å². The maximum atomic E-state index is 12.0. The molecule has 1 saturated heterocycles. The van der Waals surface area contributed by atoms with E-state index in [1.54, 1.807) is 19.1 Å². The molecule has 1 atom stereocenters. The highest BCUT2D eigenvalue weighted by molar-refractivity contribution is 5.80. The number of likely N-dealkylation sites (tertiary alicyclic amines) is 1. The Bertz CT molecular complexity index is 576. The Morgan fingerprint density at radius 3 is 2.65 bits per heavy atom. The van der Waals surface area contributed by atoms with E-state index in [2.05, 4.69) is 5.32 Å². The molecule has 2 rings (SSSR count). The van der Waals surface area contributed by atoms with Crippen molar-refractivity contribution in [1.82, 2.24) is 10.2 Å². The first kappa shape index (κ1) is 16.9. The van der Waals surface area contributed by atoms with Crippen LogP contribution in [0.1, 0.15) is 12.0 Å². The number of hydrogen-bond acceptors (Lipinski definition) is 4. The van der Waals surface area contributed by atoms with Crippen LogP contribution in [0.2, 0.25) is 0 Å². The molecule has 1 heterocycles. The summed E-state index contributed by atoms with van der Waals surface area (Å²) in [6, 6.07) is 5.51. The lowest BCUT2D eigenvalue weighted by atomic mass is 10.1. The third-order valence-corrected chi connectivity index (χ3v) is 4.02.